The Morgan fingerprint density at radius 2 is 1.97 bits per heavy atom. The molecule has 158 valence electrons. The highest BCUT2D eigenvalue weighted by Gasteiger charge is 2.16. The molecule has 2 aromatic heterocycles. The van der Waals surface area contributed by atoms with Crippen LogP contribution < -0.4 is 10.6 Å². The van der Waals surface area contributed by atoms with Gasteiger partial charge in [-0.1, -0.05) is 55.8 Å². The summed E-state index contributed by atoms with van der Waals surface area (Å²) in [7, 11) is 0. The number of amides is 2. The summed E-state index contributed by atoms with van der Waals surface area (Å²) in [6.07, 6.45) is 9.21. The molecule has 0 saturated carbocycles. The zero-order valence-electron chi connectivity index (χ0n) is 17.9. The molecule has 4 N–H and O–H groups in total. The Morgan fingerprint density at radius 1 is 1.20 bits per heavy atom. The van der Waals surface area contributed by atoms with Crippen LogP contribution in [0.2, 0.25) is 0 Å². The van der Waals surface area contributed by atoms with E-state index in [1.54, 1.807) is 0 Å². The number of aromatic nitrogens is 3. The standard InChI is InChI=1S/C21H23N5O2.C2H6/c1-3-4-7-14(2)11-23-21(28)20-18(13-24-26-20)25-19(27)10-15-12-22-17-9-6-5-8-16(15)17;1-2/h3-9,12-13,22H,10-11H2,1-2H3,(H,23,28)(H,24,26)(H,25,27);1-2H3/b4-3-,14-7+;. The fraction of sp³-hybridized carbons (Fsp3) is 0.261. The van der Waals surface area contributed by atoms with Crippen LogP contribution in [-0.4, -0.2) is 33.5 Å². The lowest BCUT2D eigenvalue weighted by atomic mass is 10.1. The van der Waals surface area contributed by atoms with Gasteiger partial charge in [0.1, 0.15) is 5.69 Å². The molecule has 0 atom stereocenters. The van der Waals surface area contributed by atoms with Crippen molar-refractivity contribution in [2.75, 3.05) is 11.9 Å². The summed E-state index contributed by atoms with van der Waals surface area (Å²) in [6.45, 7) is 8.26. The van der Waals surface area contributed by atoms with Crippen LogP contribution in [-0.2, 0) is 11.2 Å². The van der Waals surface area contributed by atoms with Crippen molar-refractivity contribution in [2.45, 2.75) is 34.1 Å². The van der Waals surface area contributed by atoms with Gasteiger partial charge in [-0.3, -0.25) is 14.7 Å². The fourth-order valence-electron chi connectivity index (χ4n) is 2.83. The molecular formula is C23H29N5O2. The Hall–Kier alpha value is -3.61. The normalized spacial score (nSPS) is 11.3. The number of carbonyl (C=O) groups excluding carboxylic acids is 2. The first-order valence-electron chi connectivity index (χ1n) is 10.0. The van der Waals surface area contributed by atoms with Gasteiger partial charge in [0.2, 0.25) is 5.91 Å². The average molecular weight is 408 g/mol. The van der Waals surface area contributed by atoms with Gasteiger partial charge in [-0.2, -0.15) is 5.10 Å². The van der Waals surface area contributed by atoms with Gasteiger partial charge in [0, 0.05) is 23.6 Å². The van der Waals surface area contributed by atoms with E-state index >= 15 is 0 Å². The van der Waals surface area contributed by atoms with Crippen LogP contribution in [0.4, 0.5) is 5.69 Å². The van der Waals surface area contributed by atoms with Crippen molar-refractivity contribution in [3.63, 3.8) is 0 Å². The smallest absolute Gasteiger partial charge is 0.271 e. The SMILES string of the molecule is C/C=C\C=C(/C)CNC(=O)c1[nH]ncc1NC(=O)Cc1c[nH]c2ccccc12.CC. The lowest BCUT2D eigenvalue weighted by Gasteiger charge is -2.07. The number of hydrogen-bond acceptors (Lipinski definition) is 3. The van der Waals surface area contributed by atoms with Crippen LogP contribution in [0.15, 0.2) is 60.5 Å². The number of nitrogens with zero attached hydrogens (tertiary/aromatic N) is 1. The first-order chi connectivity index (χ1) is 14.6. The van der Waals surface area contributed by atoms with Gasteiger partial charge in [-0.05, 0) is 25.5 Å². The maximum atomic E-state index is 12.5. The van der Waals surface area contributed by atoms with E-state index in [0.717, 1.165) is 22.0 Å². The van der Waals surface area contributed by atoms with Crippen molar-refractivity contribution >= 4 is 28.4 Å². The number of allylic oxidation sites excluding steroid dienone is 3. The van der Waals surface area contributed by atoms with E-state index in [-0.39, 0.29) is 23.9 Å². The van der Waals surface area contributed by atoms with Crippen molar-refractivity contribution < 1.29 is 9.59 Å². The maximum absolute atomic E-state index is 12.5. The van der Waals surface area contributed by atoms with Crippen LogP contribution in [0, 0.1) is 0 Å². The highest BCUT2D eigenvalue weighted by molar-refractivity contribution is 6.03. The van der Waals surface area contributed by atoms with Crippen LogP contribution in [0.5, 0.6) is 0 Å². The van der Waals surface area contributed by atoms with Gasteiger partial charge in [-0.25, -0.2) is 0 Å². The zero-order valence-corrected chi connectivity index (χ0v) is 17.9. The van der Waals surface area contributed by atoms with Crippen LogP contribution >= 0.6 is 0 Å². The molecule has 0 aliphatic carbocycles. The summed E-state index contributed by atoms with van der Waals surface area (Å²) in [4.78, 5) is 28.0. The molecule has 3 aromatic rings. The minimum Gasteiger partial charge on any atom is -0.361 e. The fourth-order valence-corrected chi connectivity index (χ4v) is 2.83. The number of fused-ring (bicyclic) bond motifs is 1. The topological polar surface area (TPSA) is 103 Å². The van der Waals surface area contributed by atoms with Crippen LogP contribution in [0.3, 0.4) is 0 Å². The monoisotopic (exact) mass is 407 g/mol. The largest absolute Gasteiger partial charge is 0.361 e. The lowest BCUT2D eigenvalue weighted by molar-refractivity contribution is -0.115. The van der Waals surface area contributed by atoms with E-state index in [1.807, 2.05) is 76.4 Å². The molecule has 0 aliphatic heterocycles. The third-order valence-corrected chi connectivity index (χ3v) is 4.27. The molecule has 1 aromatic carbocycles. The highest BCUT2D eigenvalue weighted by atomic mass is 16.2. The molecular weight excluding hydrogens is 378 g/mol. The lowest BCUT2D eigenvalue weighted by Crippen LogP contribution is -2.27. The van der Waals surface area contributed by atoms with E-state index in [0.29, 0.717) is 12.2 Å². The number of H-pyrrole nitrogens is 2. The number of benzene rings is 1. The van der Waals surface area contributed by atoms with Crippen molar-refractivity contribution in [1.82, 2.24) is 20.5 Å². The van der Waals surface area contributed by atoms with Gasteiger partial charge in [-0.15, -0.1) is 0 Å². The Kier molecular flexibility index (Phi) is 8.62. The molecule has 2 amide bonds. The highest BCUT2D eigenvalue weighted by Crippen LogP contribution is 2.19. The second-order valence-corrected chi connectivity index (χ2v) is 6.46. The van der Waals surface area contributed by atoms with E-state index in [4.69, 9.17) is 0 Å². The average Bonchev–Trinajstić information content (AvgIpc) is 3.39. The summed E-state index contributed by atoms with van der Waals surface area (Å²) >= 11 is 0. The van der Waals surface area contributed by atoms with Gasteiger partial charge in [0.05, 0.1) is 18.3 Å². The Bertz CT molecular complexity index is 1040. The van der Waals surface area contributed by atoms with Crippen LogP contribution in [0.25, 0.3) is 10.9 Å². The summed E-state index contributed by atoms with van der Waals surface area (Å²) in [5.41, 5.74) is 3.47. The van der Waals surface area contributed by atoms with E-state index in [2.05, 4.69) is 25.8 Å². The number of rotatable bonds is 7. The third kappa shape index (κ3) is 5.94. The molecule has 2 heterocycles. The molecule has 0 bridgehead atoms. The first kappa shape index (κ1) is 22.7. The minimum atomic E-state index is -0.326. The quantitative estimate of drug-likeness (QED) is 0.438. The van der Waals surface area contributed by atoms with E-state index < -0.39 is 0 Å². The first-order valence-corrected chi connectivity index (χ1v) is 10.0. The van der Waals surface area contributed by atoms with Gasteiger partial charge in [0.15, 0.2) is 0 Å². The van der Waals surface area contributed by atoms with Crippen LogP contribution in [0.1, 0.15) is 43.7 Å². The maximum Gasteiger partial charge on any atom is 0.271 e. The Morgan fingerprint density at radius 3 is 2.73 bits per heavy atom. The minimum absolute atomic E-state index is 0.196. The number of nitrogens with one attached hydrogen (secondary N) is 4. The van der Waals surface area contributed by atoms with Crippen molar-refractivity contribution in [3.8, 4) is 0 Å². The van der Waals surface area contributed by atoms with Gasteiger partial charge < -0.3 is 15.6 Å². The molecule has 0 fully saturated rings. The number of para-hydroxylation sites is 1. The molecule has 30 heavy (non-hydrogen) atoms. The van der Waals surface area contributed by atoms with Crippen molar-refractivity contribution in [3.05, 3.63) is 71.7 Å². The molecule has 0 aliphatic rings. The Balaban J connectivity index is 0.00000155. The number of aromatic amines is 2. The molecule has 3 rings (SSSR count). The van der Waals surface area contributed by atoms with E-state index in [9.17, 15) is 9.59 Å². The molecule has 0 spiro atoms. The predicted octanol–water partition coefficient (Wildman–Crippen LogP) is 4.35. The molecule has 0 radical (unpaired) electrons. The molecule has 0 saturated heterocycles. The Labute approximate surface area is 176 Å². The van der Waals surface area contributed by atoms with E-state index in [1.165, 1.54) is 6.20 Å². The summed E-state index contributed by atoms with van der Waals surface area (Å²) in [5, 5.41) is 13.1. The predicted molar refractivity (Wildman–Crippen MR) is 121 cm³/mol. The third-order valence-electron chi connectivity index (χ3n) is 4.27. The number of hydrogen-bond donors (Lipinski definition) is 4. The summed E-state index contributed by atoms with van der Waals surface area (Å²) in [6, 6.07) is 7.80. The van der Waals surface area contributed by atoms with Gasteiger partial charge >= 0.3 is 0 Å². The van der Waals surface area contributed by atoms with Gasteiger partial charge in [0.25, 0.3) is 5.91 Å². The molecule has 7 heteroatoms. The van der Waals surface area contributed by atoms with Crippen molar-refractivity contribution in [1.29, 1.82) is 0 Å². The number of anilines is 1. The molecule has 0 unspecified atom stereocenters. The second kappa shape index (κ2) is 11.4. The number of carbonyl (C=O) groups is 2. The summed E-state index contributed by atoms with van der Waals surface area (Å²) in [5.74, 6) is -0.544. The zero-order chi connectivity index (χ0) is 21.9. The molecule has 7 nitrogen and oxygen atoms in total. The van der Waals surface area contributed by atoms with Crippen molar-refractivity contribution in [2.24, 2.45) is 0 Å². The summed E-state index contributed by atoms with van der Waals surface area (Å²) < 4.78 is 0. The second-order valence-electron chi connectivity index (χ2n) is 6.46.